The predicted molar refractivity (Wildman–Crippen MR) is 118 cm³/mol. The third kappa shape index (κ3) is 8.04. The number of hydrogen-bond donors (Lipinski definition) is 2. The van der Waals surface area contributed by atoms with Crippen LogP contribution >= 0.6 is 24.0 Å². The van der Waals surface area contributed by atoms with Gasteiger partial charge in [0.2, 0.25) is 5.91 Å². The molecule has 0 bridgehead atoms. The van der Waals surface area contributed by atoms with Crippen LogP contribution in [-0.4, -0.2) is 64.2 Å². The molecule has 1 aliphatic rings. The molecule has 0 aliphatic carbocycles. The summed E-state index contributed by atoms with van der Waals surface area (Å²) in [5.41, 5.74) is 1.04. The summed E-state index contributed by atoms with van der Waals surface area (Å²) in [6, 6.07) is 6.88. The van der Waals surface area contributed by atoms with E-state index in [1.165, 1.54) is 6.26 Å². The molecule has 0 saturated carbocycles. The lowest BCUT2D eigenvalue weighted by Gasteiger charge is -2.15. The van der Waals surface area contributed by atoms with Crippen molar-refractivity contribution in [1.82, 2.24) is 15.5 Å². The zero-order chi connectivity index (χ0) is 19.0. The van der Waals surface area contributed by atoms with Crippen molar-refractivity contribution in [3.05, 3.63) is 29.8 Å². The maximum absolute atomic E-state index is 12.1. The fourth-order valence-electron chi connectivity index (χ4n) is 2.78. The Morgan fingerprint density at radius 3 is 2.33 bits per heavy atom. The Morgan fingerprint density at radius 2 is 1.78 bits per heavy atom. The van der Waals surface area contributed by atoms with Gasteiger partial charge >= 0.3 is 0 Å². The van der Waals surface area contributed by atoms with Crippen LogP contribution in [0.15, 0.2) is 34.2 Å². The third-order valence-corrected chi connectivity index (χ3v) is 5.36. The molecule has 152 valence electrons. The molecular weight excluding hydrogens is 479 g/mol. The minimum Gasteiger partial charge on any atom is -0.357 e. The second-order valence-corrected chi connectivity index (χ2v) is 8.39. The fourth-order valence-corrected chi connectivity index (χ4v) is 3.41. The number of aliphatic imine (C=N–C) groups is 1. The minimum atomic E-state index is -3.16. The summed E-state index contributed by atoms with van der Waals surface area (Å²) in [5.74, 6) is 0.684. The molecule has 1 heterocycles. The summed E-state index contributed by atoms with van der Waals surface area (Å²) in [4.78, 5) is 18.6. The van der Waals surface area contributed by atoms with Crippen LogP contribution in [0.3, 0.4) is 0 Å². The Balaban J connectivity index is 0.00000364. The van der Waals surface area contributed by atoms with E-state index in [4.69, 9.17) is 0 Å². The van der Waals surface area contributed by atoms with Gasteiger partial charge in [-0.05, 0) is 43.9 Å². The van der Waals surface area contributed by atoms with Crippen LogP contribution in [0.5, 0.6) is 0 Å². The summed E-state index contributed by atoms with van der Waals surface area (Å²) in [5, 5.41) is 6.34. The number of guanidine groups is 1. The number of rotatable bonds is 7. The number of halogens is 1. The molecule has 1 amide bonds. The molecule has 0 radical (unpaired) electrons. The van der Waals surface area contributed by atoms with Crippen LogP contribution in [0, 0.1) is 0 Å². The van der Waals surface area contributed by atoms with Crippen molar-refractivity contribution < 1.29 is 13.2 Å². The molecule has 0 aromatic heterocycles. The molecule has 0 atom stereocenters. The normalized spacial score (nSPS) is 14.6. The van der Waals surface area contributed by atoms with Crippen molar-refractivity contribution in [2.75, 3.05) is 39.0 Å². The van der Waals surface area contributed by atoms with Gasteiger partial charge in [0.25, 0.3) is 0 Å². The number of hydrogen-bond acceptors (Lipinski definition) is 4. The summed E-state index contributed by atoms with van der Waals surface area (Å²) in [7, 11) is -3.16. The fraction of sp³-hybridized carbons (Fsp3) is 0.556. The van der Waals surface area contributed by atoms with Crippen LogP contribution < -0.4 is 10.6 Å². The van der Waals surface area contributed by atoms with Crippen molar-refractivity contribution in [3.63, 3.8) is 0 Å². The molecule has 1 aromatic carbocycles. The Hall–Kier alpha value is -1.36. The van der Waals surface area contributed by atoms with Gasteiger partial charge in [0.05, 0.1) is 4.90 Å². The molecule has 1 fully saturated rings. The molecule has 7 nitrogen and oxygen atoms in total. The first-order valence-electron chi connectivity index (χ1n) is 8.99. The molecule has 27 heavy (non-hydrogen) atoms. The van der Waals surface area contributed by atoms with Crippen LogP contribution in [-0.2, 0) is 21.1 Å². The number of sulfone groups is 1. The Labute approximate surface area is 178 Å². The molecule has 1 aromatic rings. The van der Waals surface area contributed by atoms with Crippen molar-refractivity contribution in [2.24, 2.45) is 4.99 Å². The molecule has 1 aliphatic heterocycles. The van der Waals surface area contributed by atoms with Crippen molar-refractivity contribution >= 4 is 45.7 Å². The smallest absolute Gasteiger partial charge is 0.244 e. The highest BCUT2D eigenvalue weighted by Crippen LogP contribution is 2.10. The highest BCUT2D eigenvalue weighted by Gasteiger charge is 2.17. The summed E-state index contributed by atoms with van der Waals surface area (Å²) in [6.45, 7) is 5.15. The van der Waals surface area contributed by atoms with Gasteiger partial charge in [-0.1, -0.05) is 12.1 Å². The van der Waals surface area contributed by atoms with Gasteiger partial charge in [0.1, 0.15) is 6.54 Å². The van der Waals surface area contributed by atoms with Crippen molar-refractivity contribution in [2.45, 2.75) is 31.1 Å². The lowest BCUT2D eigenvalue weighted by Crippen LogP contribution is -2.39. The number of likely N-dealkylation sites (tertiary alicyclic amines) is 1. The van der Waals surface area contributed by atoms with Gasteiger partial charge in [-0.2, -0.15) is 0 Å². The molecular formula is C18H29IN4O3S. The highest BCUT2D eigenvalue weighted by atomic mass is 127. The van der Waals surface area contributed by atoms with Gasteiger partial charge in [0.15, 0.2) is 15.8 Å². The zero-order valence-electron chi connectivity index (χ0n) is 15.9. The van der Waals surface area contributed by atoms with Crippen molar-refractivity contribution in [3.8, 4) is 0 Å². The van der Waals surface area contributed by atoms with Crippen LogP contribution in [0.25, 0.3) is 0 Å². The number of nitrogens with one attached hydrogen (secondary N) is 2. The maximum atomic E-state index is 12.1. The predicted octanol–water partition coefficient (Wildman–Crippen LogP) is 1.43. The van der Waals surface area contributed by atoms with E-state index < -0.39 is 9.84 Å². The standard InChI is InChI=1S/C18H28N4O3S.HI/c1-3-19-18(21-14-17(23)22-12-4-5-13-22)20-11-10-15-6-8-16(9-7-15)26(2,24)25;/h6-9H,3-5,10-14H2,1-2H3,(H2,19,20,21);1H. The first kappa shape index (κ1) is 23.7. The number of carbonyl (C=O) groups excluding carboxylic acids is 1. The Bertz CT molecular complexity index is 729. The number of amides is 1. The molecule has 1 saturated heterocycles. The first-order valence-corrected chi connectivity index (χ1v) is 10.9. The quantitative estimate of drug-likeness (QED) is 0.331. The average Bonchev–Trinajstić information content (AvgIpc) is 3.14. The molecule has 9 heteroatoms. The van der Waals surface area contributed by atoms with Gasteiger partial charge in [0, 0.05) is 32.4 Å². The first-order chi connectivity index (χ1) is 12.4. The zero-order valence-corrected chi connectivity index (χ0v) is 19.0. The molecule has 0 spiro atoms. The average molecular weight is 508 g/mol. The van der Waals surface area contributed by atoms with E-state index in [1.54, 1.807) is 12.1 Å². The lowest BCUT2D eigenvalue weighted by molar-refractivity contribution is -0.128. The van der Waals surface area contributed by atoms with Gasteiger partial charge in [-0.15, -0.1) is 24.0 Å². The number of benzene rings is 1. The van der Waals surface area contributed by atoms with Gasteiger partial charge < -0.3 is 15.5 Å². The maximum Gasteiger partial charge on any atom is 0.244 e. The van der Waals surface area contributed by atoms with E-state index in [0.717, 1.165) is 37.9 Å². The molecule has 2 N–H and O–H groups in total. The largest absolute Gasteiger partial charge is 0.357 e. The van der Waals surface area contributed by atoms with E-state index in [0.29, 0.717) is 23.9 Å². The topological polar surface area (TPSA) is 90.9 Å². The summed E-state index contributed by atoms with van der Waals surface area (Å²) < 4.78 is 22.9. The minimum absolute atomic E-state index is 0. The van der Waals surface area contributed by atoms with E-state index in [2.05, 4.69) is 15.6 Å². The number of nitrogens with zero attached hydrogens (tertiary/aromatic N) is 2. The number of carbonyl (C=O) groups is 1. The SMILES string of the molecule is CCNC(=NCC(=O)N1CCCC1)NCCc1ccc(S(C)(=O)=O)cc1.I. The Kier molecular flexibility index (Phi) is 10.1. The second kappa shape index (κ2) is 11.5. The van der Waals surface area contributed by atoms with Crippen LogP contribution in [0.1, 0.15) is 25.3 Å². The summed E-state index contributed by atoms with van der Waals surface area (Å²) in [6.07, 6.45) is 4.08. The van der Waals surface area contributed by atoms with Crippen LogP contribution in [0.2, 0.25) is 0 Å². The van der Waals surface area contributed by atoms with E-state index >= 15 is 0 Å². The van der Waals surface area contributed by atoms with Gasteiger partial charge in [-0.25, -0.2) is 13.4 Å². The molecule has 2 rings (SSSR count). The summed E-state index contributed by atoms with van der Waals surface area (Å²) >= 11 is 0. The molecule has 0 unspecified atom stereocenters. The van der Waals surface area contributed by atoms with E-state index in [-0.39, 0.29) is 36.4 Å². The third-order valence-electron chi connectivity index (χ3n) is 4.23. The van der Waals surface area contributed by atoms with E-state index in [1.807, 2.05) is 24.0 Å². The van der Waals surface area contributed by atoms with E-state index in [9.17, 15) is 13.2 Å². The lowest BCUT2D eigenvalue weighted by atomic mass is 10.1. The monoisotopic (exact) mass is 508 g/mol. The second-order valence-electron chi connectivity index (χ2n) is 6.38. The Morgan fingerprint density at radius 1 is 1.15 bits per heavy atom. The van der Waals surface area contributed by atoms with Gasteiger partial charge in [-0.3, -0.25) is 4.79 Å². The highest BCUT2D eigenvalue weighted by molar-refractivity contribution is 14.0. The van der Waals surface area contributed by atoms with Crippen LogP contribution in [0.4, 0.5) is 0 Å². The van der Waals surface area contributed by atoms with Crippen molar-refractivity contribution in [1.29, 1.82) is 0 Å².